The lowest BCUT2D eigenvalue weighted by Crippen LogP contribution is -2.41. The lowest BCUT2D eigenvalue weighted by molar-refractivity contribution is -0.136. The minimum atomic E-state index is -1.89. The summed E-state index contributed by atoms with van der Waals surface area (Å²) in [5.41, 5.74) is 2.56. The van der Waals surface area contributed by atoms with Crippen molar-refractivity contribution in [1.29, 1.82) is 0 Å². The molecule has 4 aromatic carbocycles. The molecule has 1 amide bonds. The van der Waals surface area contributed by atoms with Crippen LogP contribution in [0.5, 0.6) is 0 Å². The Labute approximate surface area is 193 Å². The van der Waals surface area contributed by atoms with Crippen LogP contribution in [0, 0.1) is 13.8 Å². The van der Waals surface area contributed by atoms with Crippen molar-refractivity contribution in [2.45, 2.75) is 32.4 Å². The van der Waals surface area contributed by atoms with E-state index in [-0.39, 0.29) is 12.2 Å². The van der Waals surface area contributed by atoms with Crippen LogP contribution in [0.25, 0.3) is 10.8 Å². The van der Waals surface area contributed by atoms with E-state index in [2.05, 4.69) is 0 Å². The molecule has 5 rings (SSSR count). The van der Waals surface area contributed by atoms with E-state index < -0.39 is 11.5 Å². The second-order valence-corrected chi connectivity index (χ2v) is 8.83. The van der Waals surface area contributed by atoms with E-state index in [9.17, 15) is 14.7 Å². The van der Waals surface area contributed by atoms with Gasteiger partial charge in [-0.3, -0.25) is 9.59 Å². The fraction of sp³-hybridized carbons (Fsp3) is 0.172. The molecule has 0 saturated carbocycles. The lowest BCUT2D eigenvalue weighted by atomic mass is 9.87. The van der Waals surface area contributed by atoms with Crippen molar-refractivity contribution in [3.63, 3.8) is 0 Å². The standard InChI is InChI=1S/C29H25NO3/c1-19-14-15-20(2)24(16-19)27(31)17-29(33)25-12-5-6-13-26(25)30(28(29)32)18-22-10-7-9-21-8-3-4-11-23(21)22/h3-16,33H,17-18H2,1-2H3/t29-/m1/s1. The van der Waals surface area contributed by atoms with Crippen LogP contribution in [-0.2, 0) is 16.9 Å². The number of aliphatic hydroxyl groups is 1. The minimum absolute atomic E-state index is 0.242. The summed E-state index contributed by atoms with van der Waals surface area (Å²) < 4.78 is 0. The maximum Gasteiger partial charge on any atom is 0.264 e. The highest BCUT2D eigenvalue weighted by Crippen LogP contribution is 2.44. The Balaban J connectivity index is 1.53. The van der Waals surface area contributed by atoms with Crippen molar-refractivity contribution in [2.24, 2.45) is 0 Å². The van der Waals surface area contributed by atoms with Gasteiger partial charge in [0.2, 0.25) is 0 Å². The average Bonchev–Trinajstić information content (AvgIpc) is 3.02. The number of para-hydroxylation sites is 1. The SMILES string of the molecule is Cc1ccc(C)c(C(=O)C[C@]2(O)C(=O)N(Cc3cccc4ccccc34)c3ccccc32)c1. The maximum atomic E-state index is 13.7. The minimum Gasteiger partial charge on any atom is -0.375 e. The van der Waals surface area contributed by atoms with Crippen molar-refractivity contribution in [3.05, 3.63) is 113 Å². The summed E-state index contributed by atoms with van der Waals surface area (Å²) in [6.07, 6.45) is -0.292. The summed E-state index contributed by atoms with van der Waals surface area (Å²) in [6, 6.07) is 26.9. The van der Waals surface area contributed by atoms with Crippen LogP contribution in [0.15, 0.2) is 84.9 Å². The fourth-order valence-electron chi connectivity index (χ4n) is 4.80. The molecule has 1 heterocycles. The molecule has 0 aromatic heterocycles. The highest BCUT2D eigenvalue weighted by Gasteiger charge is 2.50. The Bertz CT molecular complexity index is 1400. The number of hydrogen-bond acceptors (Lipinski definition) is 3. The first kappa shape index (κ1) is 21.1. The number of rotatable bonds is 5. The van der Waals surface area contributed by atoms with Crippen LogP contribution in [-0.4, -0.2) is 16.8 Å². The first-order valence-corrected chi connectivity index (χ1v) is 11.1. The Morgan fingerprint density at radius 1 is 0.909 bits per heavy atom. The third-order valence-electron chi connectivity index (χ3n) is 6.56. The number of Topliss-reactive ketones (excluding diaryl/α,β-unsaturated/α-hetero) is 1. The molecule has 1 aliphatic heterocycles. The van der Waals surface area contributed by atoms with Gasteiger partial charge in [0.05, 0.1) is 18.7 Å². The third-order valence-corrected chi connectivity index (χ3v) is 6.56. The van der Waals surface area contributed by atoms with Crippen molar-refractivity contribution < 1.29 is 14.7 Å². The van der Waals surface area contributed by atoms with Gasteiger partial charge in [0.25, 0.3) is 5.91 Å². The molecule has 0 fully saturated rings. The predicted octanol–water partition coefficient (Wildman–Crippen LogP) is 5.46. The summed E-state index contributed by atoms with van der Waals surface area (Å²) >= 11 is 0. The zero-order chi connectivity index (χ0) is 23.2. The second kappa shape index (κ2) is 7.98. The largest absolute Gasteiger partial charge is 0.375 e. The topological polar surface area (TPSA) is 57.6 Å². The van der Waals surface area contributed by atoms with Crippen molar-refractivity contribution >= 4 is 28.2 Å². The Kier molecular flexibility index (Phi) is 5.10. The van der Waals surface area contributed by atoms with E-state index in [1.54, 1.807) is 17.0 Å². The summed E-state index contributed by atoms with van der Waals surface area (Å²) in [5.74, 6) is -0.704. The van der Waals surface area contributed by atoms with Crippen molar-refractivity contribution in [3.8, 4) is 0 Å². The monoisotopic (exact) mass is 435 g/mol. The van der Waals surface area contributed by atoms with Crippen LogP contribution in [0.1, 0.15) is 39.0 Å². The quantitative estimate of drug-likeness (QED) is 0.423. The van der Waals surface area contributed by atoms with Gasteiger partial charge >= 0.3 is 0 Å². The van der Waals surface area contributed by atoms with E-state index in [1.165, 1.54) is 0 Å². The van der Waals surface area contributed by atoms with E-state index in [0.717, 1.165) is 27.5 Å². The number of anilines is 1. The molecule has 0 spiro atoms. The van der Waals surface area contributed by atoms with Gasteiger partial charge < -0.3 is 10.0 Å². The van der Waals surface area contributed by atoms with E-state index in [1.807, 2.05) is 86.6 Å². The van der Waals surface area contributed by atoms with E-state index >= 15 is 0 Å². The molecule has 0 radical (unpaired) electrons. The van der Waals surface area contributed by atoms with Crippen molar-refractivity contribution in [1.82, 2.24) is 0 Å². The van der Waals surface area contributed by atoms with Gasteiger partial charge in [-0.1, -0.05) is 78.4 Å². The fourth-order valence-corrected chi connectivity index (χ4v) is 4.80. The molecule has 0 saturated heterocycles. The molecule has 1 N–H and O–H groups in total. The van der Waals surface area contributed by atoms with Gasteiger partial charge in [-0.05, 0) is 47.9 Å². The third kappa shape index (κ3) is 3.53. The molecule has 164 valence electrons. The summed E-state index contributed by atoms with van der Waals surface area (Å²) in [7, 11) is 0. The summed E-state index contributed by atoms with van der Waals surface area (Å²) in [4.78, 5) is 28.5. The molecule has 0 unspecified atom stereocenters. The number of fused-ring (bicyclic) bond motifs is 2. The summed E-state index contributed by atoms with van der Waals surface area (Å²) in [5, 5.41) is 13.8. The number of ketones is 1. The number of benzene rings is 4. The second-order valence-electron chi connectivity index (χ2n) is 8.83. The van der Waals surface area contributed by atoms with Crippen LogP contribution >= 0.6 is 0 Å². The zero-order valence-corrected chi connectivity index (χ0v) is 18.7. The van der Waals surface area contributed by atoms with Gasteiger partial charge in [-0.2, -0.15) is 0 Å². The molecule has 4 nitrogen and oxygen atoms in total. The molecule has 33 heavy (non-hydrogen) atoms. The van der Waals surface area contributed by atoms with Crippen molar-refractivity contribution in [2.75, 3.05) is 4.90 Å². The van der Waals surface area contributed by atoms with E-state index in [4.69, 9.17) is 0 Å². The lowest BCUT2D eigenvalue weighted by Gasteiger charge is -2.23. The Morgan fingerprint density at radius 3 is 2.48 bits per heavy atom. The molecule has 4 aromatic rings. The number of carbonyl (C=O) groups excluding carboxylic acids is 2. The molecule has 4 heteroatoms. The van der Waals surface area contributed by atoms with Crippen LogP contribution in [0.3, 0.4) is 0 Å². The van der Waals surface area contributed by atoms with Gasteiger partial charge in [-0.15, -0.1) is 0 Å². The molecule has 0 bridgehead atoms. The molecule has 1 atom stereocenters. The highest BCUT2D eigenvalue weighted by atomic mass is 16.3. The normalized spacial score (nSPS) is 17.4. The number of hydrogen-bond donors (Lipinski definition) is 1. The Morgan fingerprint density at radius 2 is 1.64 bits per heavy atom. The average molecular weight is 436 g/mol. The molecule has 0 aliphatic carbocycles. The number of nitrogens with zero attached hydrogens (tertiary/aromatic N) is 1. The van der Waals surface area contributed by atoms with Gasteiger partial charge in [0, 0.05) is 11.1 Å². The molecular formula is C29H25NO3. The smallest absolute Gasteiger partial charge is 0.264 e. The van der Waals surface area contributed by atoms with Gasteiger partial charge in [0.15, 0.2) is 11.4 Å². The first-order chi connectivity index (χ1) is 15.9. The first-order valence-electron chi connectivity index (χ1n) is 11.1. The highest BCUT2D eigenvalue weighted by molar-refractivity contribution is 6.11. The van der Waals surface area contributed by atoms with Gasteiger partial charge in [-0.25, -0.2) is 0 Å². The van der Waals surface area contributed by atoms with Crippen LogP contribution < -0.4 is 4.90 Å². The number of carbonyl (C=O) groups is 2. The van der Waals surface area contributed by atoms with Crippen LogP contribution in [0.4, 0.5) is 5.69 Å². The van der Waals surface area contributed by atoms with E-state index in [0.29, 0.717) is 23.4 Å². The zero-order valence-electron chi connectivity index (χ0n) is 18.7. The Hall–Kier alpha value is -3.76. The number of aryl methyl sites for hydroxylation is 2. The number of amides is 1. The maximum absolute atomic E-state index is 13.7. The predicted molar refractivity (Wildman–Crippen MR) is 130 cm³/mol. The summed E-state index contributed by atoms with van der Waals surface area (Å²) in [6.45, 7) is 4.11. The van der Waals surface area contributed by atoms with Gasteiger partial charge in [0.1, 0.15) is 0 Å². The van der Waals surface area contributed by atoms with Crippen LogP contribution in [0.2, 0.25) is 0 Å². The molecule has 1 aliphatic rings. The molecular weight excluding hydrogens is 410 g/mol.